The maximum absolute atomic E-state index is 9.18. The molecule has 0 spiro atoms. The normalized spacial score (nSPS) is 19.6. The highest BCUT2D eigenvalue weighted by Crippen LogP contribution is 2.34. The molecule has 0 amide bonds. The summed E-state index contributed by atoms with van der Waals surface area (Å²) in [7, 11) is 1.79. The third-order valence-electron chi connectivity index (χ3n) is 3.51. The van der Waals surface area contributed by atoms with Gasteiger partial charge in [0.05, 0.1) is 10.0 Å². The van der Waals surface area contributed by atoms with E-state index in [-0.39, 0.29) is 6.61 Å². The van der Waals surface area contributed by atoms with Crippen molar-refractivity contribution in [2.75, 3.05) is 30.4 Å². The Labute approximate surface area is 123 Å². The summed E-state index contributed by atoms with van der Waals surface area (Å²) in [6.45, 7) is 1.10. The summed E-state index contributed by atoms with van der Waals surface area (Å²) in [5.74, 6) is 1.39. The van der Waals surface area contributed by atoms with E-state index in [0.717, 1.165) is 31.6 Å². The predicted octanol–water partition coefficient (Wildman–Crippen LogP) is 3.17. The summed E-state index contributed by atoms with van der Waals surface area (Å²) in [4.78, 5) is 6.71. The Kier molecular flexibility index (Phi) is 5.13. The van der Waals surface area contributed by atoms with Crippen LogP contribution in [0.25, 0.3) is 0 Å². The van der Waals surface area contributed by atoms with E-state index in [1.165, 1.54) is 6.42 Å². The molecule has 1 aliphatic heterocycles. The zero-order chi connectivity index (χ0) is 13.8. The average Bonchev–Trinajstić information content (AvgIpc) is 2.40. The number of hydrogen-bond donors (Lipinski definition) is 2. The summed E-state index contributed by atoms with van der Waals surface area (Å²) in [5.41, 5.74) is 0. The molecule has 1 saturated heterocycles. The van der Waals surface area contributed by atoms with Gasteiger partial charge in [-0.15, -0.1) is 0 Å². The summed E-state index contributed by atoms with van der Waals surface area (Å²) in [5, 5.41) is 13.2. The number of aliphatic hydroxyl groups is 1. The second-order valence-corrected chi connectivity index (χ2v) is 5.54. The van der Waals surface area contributed by atoms with Gasteiger partial charge in [-0.3, -0.25) is 0 Å². The molecule has 6 heteroatoms. The lowest BCUT2D eigenvalue weighted by Crippen LogP contribution is -2.40. The first-order chi connectivity index (χ1) is 9.17. The van der Waals surface area contributed by atoms with Crippen LogP contribution in [-0.2, 0) is 0 Å². The Hall–Kier alpha value is -0.710. The van der Waals surface area contributed by atoms with E-state index >= 15 is 0 Å². The van der Waals surface area contributed by atoms with Crippen LogP contribution in [0.3, 0.4) is 0 Å². The molecule has 0 aromatic carbocycles. The van der Waals surface area contributed by atoms with Gasteiger partial charge < -0.3 is 15.3 Å². The number of halogens is 2. The lowest BCUT2D eigenvalue weighted by Gasteiger charge is -2.37. The van der Waals surface area contributed by atoms with Crippen LogP contribution in [0.5, 0.6) is 0 Å². The van der Waals surface area contributed by atoms with E-state index < -0.39 is 0 Å². The minimum absolute atomic E-state index is 0.186. The van der Waals surface area contributed by atoms with Crippen molar-refractivity contribution in [3.63, 3.8) is 0 Å². The summed E-state index contributed by atoms with van der Waals surface area (Å²) < 4.78 is 0. The first kappa shape index (κ1) is 14.7. The van der Waals surface area contributed by atoms with E-state index in [2.05, 4.69) is 15.2 Å². The largest absolute Gasteiger partial charge is 0.396 e. The third kappa shape index (κ3) is 3.25. The van der Waals surface area contributed by atoms with Crippen molar-refractivity contribution in [2.24, 2.45) is 0 Å². The molecule has 0 radical (unpaired) electrons. The summed E-state index contributed by atoms with van der Waals surface area (Å²) in [6.07, 6.45) is 4.12. The molecule has 0 bridgehead atoms. The van der Waals surface area contributed by atoms with Crippen LogP contribution in [0.4, 0.5) is 11.6 Å². The van der Waals surface area contributed by atoms with Crippen molar-refractivity contribution in [2.45, 2.75) is 31.7 Å². The second-order valence-electron chi connectivity index (χ2n) is 4.73. The Morgan fingerprint density at radius 3 is 2.89 bits per heavy atom. The molecule has 2 rings (SSSR count). The number of pyridine rings is 1. The van der Waals surface area contributed by atoms with Crippen molar-refractivity contribution in [1.29, 1.82) is 0 Å². The molecule has 2 N–H and O–H groups in total. The maximum atomic E-state index is 9.18. The minimum Gasteiger partial charge on any atom is -0.396 e. The van der Waals surface area contributed by atoms with E-state index in [4.69, 9.17) is 23.2 Å². The molecule has 0 aliphatic carbocycles. The van der Waals surface area contributed by atoms with Crippen LogP contribution in [0, 0.1) is 0 Å². The Balaban J connectivity index is 2.32. The number of anilines is 2. The third-order valence-corrected chi connectivity index (χ3v) is 4.08. The summed E-state index contributed by atoms with van der Waals surface area (Å²) >= 11 is 12.3. The molecule has 1 aromatic rings. The Morgan fingerprint density at radius 1 is 1.42 bits per heavy atom. The average molecular weight is 304 g/mol. The van der Waals surface area contributed by atoms with Gasteiger partial charge in [0.2, 0.25) is 0 Å². The molecular weight excluding hydrogens is 285 g/mol. The van der Waals surface area contributed by atoms with Crippen molar-refractivity contribution >= 4 is 34.8 Å². The molecule has 4 nitrogen and oxygen atoms in total. The lowest BCUT2D eigenvalue weighted by molar-refractivity contribution is 0.262. The smallest absolute Gasteiger partial charge is 0.150 e. The highest BCUT2D eigenvalue weighted by Gasteiger charge is 2.25. The van der Waals surface area contributed by atoms with Crippen molar-refractivity contribution < 1.29 is 5.11 Å². The fourth-order valence-electron chi connectivity index (χ4n) is 2.56. The topological polar surface area (TPSA) is 48.4 Å². The number of aromatic nitrogens is 1. The van der Waals surface area contributed by atoms with Gasteiger partial charge in [0.1, 0.15) is 11.6 Å². The highest BCUT2D eigenvalue weighted by atomic mass is 35.5. The van der Waals surface area contributed by atoms with Gasteiger partial charge >= 0.3 is 0 Å². The van der Waals surface area contributed by atoms with Gasteiger partial charge in [-0.2, -0.15) is 0 Å². The van der Waals surface area contributed by atoms with E-state index in [1.807, 2.05) is 0 Å². The SMILES string of the molecule is CNc1nc(N2CCCCC2CCO)c(Cl)cc1Cl. The fourth-order valence-corrected chi connectivity index (χ4v) is 3.12. The van der Waals surface area contributed by atoms with E-state index in [9.17, 15) is 5.11 Å². The molecule has 1 aromatic heterocycles. The van der Waals surface area contributed by atoms with Crippen LogP contribution in [0.15, 0.2) is 6.07 Å². The molecule has 1 fully saturated rings. The predicted molar refractivity (Wildman–Crippen MR) is 80.5 cm³/mol. The lowest BCUT2D eigenvalue weighted by atomic mass is 9.99. The Bertz CT molecular complexity index is 440. The number of rotatable bonds is 4. The van der Waals surface area contributed by atoms with Crippen molar-refractivity contribution in [3.8, 4) is 0 Å². The van der Waals surface area contributed by atoms with Crippen LogP contribution in [-0.4, -0.2) is 36.3 Å². The molecule has 2 heterocycles. The quantitative estimate of drug-likeness (QED) is 0.897. The van der Waals surface area contributed by atoms with Gasteiger partial charge in [-0.05, 0) is 31.7 Å². The number of aliphatic hydroxyl groups excluding tert-OH is 1. The number of nitrogens with zero attached hydrogens (tertiary/aromatic N) is 2. The van der Waals surface area contributed by atoms with E-state index in [0.29, 0.717) is 21.9 Å². The molecule has 0 saturated carbocycles. The highest BCUT2D eigenvalue weighted by molar-refractivity contribution is 6.37. The molecule has 1 unspecified atom stereocenters. The van der Waals surface area contributed by atoms with Crippen LogP contribution in [0.2, 0.25) is 10.0 Å². The van der Waals surface area contributed by atoms with Gasteiger partial charge in [-0.1, -0.05) is 23.2 Å². The second kappa shape index (κ2) is 6.64. The maximum Gasteiger partial charge on any atom is 0.150 e. The van der Waals surface area contributed by atoms with Gasteiger partial charge in [0.25, 0.3) is 0 Å². The molecule has 1 atom stereocenters. The zero-order valence-corrected chi connectivity index (χ0v) is 12.5. The molecule has 1 aliphatic rings. The molecular formula is C13H19Cl2N3O. The Morgan fingerprint density at radius 2 is 2.21 bits per heavy atom. The van der Waals surface area contributed by atoms with Crippen molar-refractivity contribution in [3.05, 3.63) is 16.1 Å². The fraction of sp³-hybridized carbons (Fsp3) is 0.615. The zero-order valence-electron chi connectivity index (χ0n) is 11.0. The van der Waals surface area contributed by atoms with Crippen LogP contribution >= 0.6 is 23.2 Å². The van der Waals surface area contributed by atoms with Crippen LogP contribution in [0.1, 0.15) is 25.7 Å². The number of nitrogens with one attached hydrogen (secondary N) is 1. The monoisotopic (exact) mass is 303 g/mol. The number of hydrogen-bond acceptors (Lipinski definition) is 4. The number of piperidine rings is 1. The minimum atomic E-state index is 0.186. The summed E-state index contributed by atoms with van der Waals surface area (Å²) in [6, 6.07) is 2.02. The first-order valence-corrected chi connectivity index (χ1v) is 7.34. The van der Waals surface area contributed by atoms with Crippen molar-refractivity contribution in [1.82, 2.24) is 4.98 Å². The standard InChI is InChI=1S/C13H19Cl2N3O/c1-16-12-10(14)8-11(15)13(17-12)18-6-3-2-4-9(18)5-7-19/h8-9,19H,2-7H2,1H3,(H,16,17). The van der Waals surface area contributed by atoms with Gasteiger partial charge in [0, 0.05) is 26.2 Å². The van der Waals surface area contributed by atoms with Gasteiger partial charge in [0.15, 0.2) is 0 Å². The van der Waals surface area contributed by atoms with E-state index in [1.54, 1.807) is 13.1 Å². The van der Waals surface area contributed by atoms with Crippen LogP contribution < -0.4 is 10.2 Å². The van der Waals surface area contributed by atoms with Gasteiger partial charge in [-0.25, -0.2) is 4.98 Å². The molecule has 106 valence electrons. The first-order valence-electron chi connectivity index (χ1n) is 6.58. The molecule has 19 heavy (non-hydrogen) atoms.